The lowest BCUT2D eigenvalue weighted by atomic mass is 10.0. The first-order valence-corrected chi connectivity index (χ1v) is 7.30. The van der Waals surface area contributed by atoms with Crippen LogP contribution in [0.2, 0.25) is 0 Å². The van der Waals surface area contributed by atoms with Crippen LogP contribution in [-0.4, -0.2) is 38.5 Å². The molecule has 0 unspecified atom stereocenters. The molecule has 0 radical (unpaired) electrons. The van der Waals surface area contributed by atoms with Crippen molar-refractivity contribution in [2.24, 2.45) is 4.99 Å². The van der Waals surface area contributed by atoms with E-state index in [9.17, 15) is 0 Å². The van der Waals surface area contributed by atoms with Gasteiger partial charge in [0.15, 0.2) is 5.65 Å². The molecule has 0 aromatic carbocycles. The molecule has 0 spiro atoms. The van der Waals surface area contributed by atoms with Crippen molar-refractivity contribution in [3.63, 3.8) is 0 Å². The largest absolute Gasteiger partial charge is 0.368 e. The van der Waals surface area contributed by atoms with Crippen molar-refractivity contribution in [3.8, 4) is 11.1 Å². The van der Waals surface area contributed by atoms with Gasteiger partial charge >= 0.3 is 0 Å². The zero-order valence-corrected chi connectivity index (χ0v) is 12.5. The third-order valence-corrected chi connectivity index (χ3v) is 3.78. The van der Waals surface area contributed by atoms with Gasteiger partial charge in [-0.05, 0) is 31.5 Å². The lowest BCUT2D eigenvalue weighted by molar-refractivity contribution is 0.891. The lowest BCUT2D eigenvalue weighted by Gasteiger charge is -2.13. The standard InChI is InChI=1S/C16H16N6/c1-10-8-13(12-4-3-5-17-9-12)14(15-18-6-7-19-15)16-20-11(2)21-22(10)16/h3-5,8-9H,6-7H2,1-2H3,(H,18,19). The van der Waals surface area contributed by atoms with Crippen LogP contribution in [0.3, 0.4) is 0 Å². The fourth-order valence-corrected chi connectivity index (χ4v) is 2.83. The molecule has 110 valence electrons. The SMILES string of the molecule is Cc1nc2c(C3=NCCN3)c(-c3cccnc3)cc(C)n2n1. The molecule has 1 N–H and O–H groups in total. The average molecular weight is 292 g/mol. The topological polar surface area (TPSA) is 67.5 Å². The Morgan fingerprint density at radius 2 is 2.18 bits per heavy atom. The second kappa shape index (κ2) is 4.91. The molecule has 6 nitrogen and oxygen atoms in total. The number of hydrogen-bond acceptors (Lipinski definition) is 5. The number of pyridine rings is 2. The molecule has 3 aromatic heterocycles. The Balaban J connectivity index is 2.09. The fourth-order valence-electron chi connectivity index (χ4n) is 2.83. The van der Waals surface area contributed by atoms with Crippen LogP contribution in [0.5, 0.6) is 0 Å². The minimum Gasteiger partial charge on any atom is -0.368 e. The summed E-state index contributed by atoms with van der Waals surface area (Å²) in [5.41, 5.74) is 5.01. The van der Waals surface area contributed by atoms with Crippen LogP contribution < -0.4 is 5.32 Å². The van der Waals surface area contributed by atoms with E-state index >= 15 is 0 Å². The maximum atomic E-state index is 4.62. The number of nitrogens with one attached hydrogen (secondary N) is 1. The molecule has 0 amide bonds. The first-order valence-electron chi connectivity index (χ1n) is 7.30. The van der Waals surface area contributed by atoms with Crippen LogP contribution in [0.15, 0.2) is 35.6 Å². The van der Waals surface area contributed by atoms with Crippen LogP contribution in [-0.2, 0) is 0 Å². The molecule has 1 aliphatic rings. The molecule has 0 atom stereocenters. The molecule has 3 aromatic rings. The zero-order valence-electron chi connectivity index (χ0n) is 12.5. The third kappa shape index (κ3) is 1.95. The molecule has 6 heteroatoms. The summed E-state index contributed by atoms with van der Waals surface area (Å²) in [6.07, 6.45) is 3.65. The van der Waals surface area contributed by atoms with Gasteiger partial charge in [-0.3, -0.25) is 9.98 Å². The highest BCUT2D eigenvalue weighted by Crippen LogP contribution is 2.28. The van der Waals surface area contributed by atoms with Crippen LogP contribution in [0.25, 0.3) is 16.8 Å². The number of aliphatic imine (C=N–C) groups is 1. The Bertz CT molecular complexity index is 879. The number of aryl methyl sites for hydroxylation is 2. The number of nitrogens with zero attached hydrogens (tertiary/aromatic N) is 5. The summed E-state index contributed by atoms with van der Waals surface area (Å²) in [7, 11) is 0. The van der Waals surface area contributed by atoms with Gasteiger partial charge < -0.3 is 5.32 Å². The summed E-state index contributed by atoms with van der Waals surface area (Å²) in [4.78, 5) is 13.4. The van der Waals surface area contributed by atoms with Gasteiger partial charge in [0.2, 0.25) is 0 Å². The summed E-state index contributed by atoms with van der Waals surface area (Å²) in [5, 5.41) is 7.84. The number of fused-ring (bicyclic) bond motifs is 1. The molecule has 4 heterocycles. The average Bonchev–Trinajstić information content (AvgIpc) is 3.17. The highest BCUT2D eigenvalue weighted by atomic mass is 15.3. The normalized spacial score (nSPS) is 14.2. The monoisotopic (exact) mass is 292 g/mol. The lowest BCUT2D eigenvalue weighted by Crippen LogP contribution is -2.21. The maximum Gasteiger partial charge on any atom is 0.167 e. The maximum absolute atomic E-state index is 4.62. The van der Waals surface area contributed by atoms with Crippen LogP contribution in [0, 0.1) is 13.8 Å². The van der Waals surface area contributed by atoms with Gasteiger partial charge in [-0.15, -0.1) is 0 Å². The minimum atomic E-state index is 0.756. The summed E-state index contributed by atoms with van der Waals surface area (Å²) in [6, 6.07) is 6.12. The van der Waals surface area contributed by atoms with Gasteiger partial charge in [-0.1, -0.05) is 6.07 Å². The van der Waals surface area contributed by atoms with Crippen molar-refractivity contribution in [1.29, 1.82) is 0 Å². The summed E-state index contributed by atoms with van der Waals surface area (Å²) in [5.74, 6) is 1.64. The number of hydrogen-bond donors (Lipinski definition) is 1. The van der Waals surface area contributed by atoms with E-state index in [1.165, 1.54) is 0 Å². The smallest absolute Gasteiger partial charge is 0.167 e. The second-order valence-corrected chi connectivity index (χ2v) is 5.37. The van der Waals surface area contributed by atoms with Crippen LogP contribution >= 0.6 is 0 Å². The van der Waals surface area contributed by atoms with E-state index in [0.717, 1.165) is 52.8 Å². The predicted octanol–water partition coefficient (Wildman–Crippen LogP) is 1.76. The van der Waals surface area contributed by atoms with Crippen LogP contribution in [0.1, 0.15) is 17.1 Å². The van der Waals surface area contributed by atoms with E-state index in [1.807, 2.05) is 30.6 Å². The number of rotatable bonds is 2. The Morgan fingerprint density at radius 3 is 2.91 bits per heavy atom. The summed E-state index contributed by atoms with van der Waals surface area (Å²) < 4.78 is 1.88. The van der Waals surface area contributed by atoms with Gasteiger partial charge in [-0.2, -0.15) is 5.10 Å². The van der Waals surface area contributed by atoms with E-state index in [-0.39, 0.29) is 0 Å². The molecule has 0 fully saturated rings. The highest BCUT2D eigenvalue weighted by molar-refractivity contribution is 6.10. The summed E-state index contributed by atoms with van der Waals surface area (Å²) >= 11 is 0. The van der Waals surface area contributed by atoms with Crippen molar-refractivity contribution in [2.45, 2.75) is 13.8 Å². The van der Waals surface area contributed by atoms with Gasteiger partial charge in [0, 0.05) is 30.2 Å². The minimum absolute atomic E-state index is 0.756. The van der Waals surface area contributed by atoms with Gasteiger partial charge in [-0.25, -0.2) is 9.50 Å². The van der Waals surface area contributed by atoms with E-state index in [1.54, 1.807) is 6.20 Å². The van der Waals surface area contributed by atoms with Crippen molar-refractivity contribution in [1.82, 2.24) is 24.9 Å². The first kappa shape index (κ1) is 12.9. The van der Waals surface area contributed by atoms with Gasteiger partial charge in [0.05, 0.1) is 12.1 Å². The quantitative estimate of drug-likeness (QED) is 0.781. The van der Waals surface area contributed by atoms with E-state index in [2.05, 4.69) is 37.5 Å². The van der Waals surface area contributed by atoms with E-state index < -0.39 is 0 Å². The number of amidine groups is 1. The fraction of sp³-hybridized carbons (Fsp3) is 0.250. The first-order chi connectivity index (χ1) is 10.7. The molecule has 0 saturated carbocycles. The molecule has 4 rings (SSSR count). The molecular weight excluding hydrogens is 276 g/mol. The summed E-state index contributed by atoms with van der Waals surface area (Å²) in [6.45, 7) is 5.59. The van der Waals surface area contributed by atoms with Crippen molar-refractivity contribution >= 4 is 11.5 Å². The van der Waals surface area contributed by atoms with Gasteiger partial charge in [0.1, 0.15) is 11.7 Å². The van der Waals surface area contributed by atoms with Crippen molar-refractivity contribution < 1.29 is 0 Å². The van der Waals surface area contributed by atoms with E-state index in [4.69, 9.17) is 0 Å². The Hall–Kier alpha value is -2.76. The highest BCUT2D eigenvalue weighted by Gasteiger charge is 2.21. The van der Waals surface area contributed by atoms with E-state index in [0.29, 0.717) is 0 Å². The Kier molecular flexibility index (Phi) is 2.89. The van der Waals surface area contributed by atoms with Gasteiger partial charge in [0.25, 0.3) is 0 Å². The molecule has 0 aliphatic carbocycles. The Morgan fingerprint density at radius 1 is 1.27 bits per heavy atom. The predicted molar refractivity (Wildman–Crippen MR) is 85.1 cm³/mol. The third-order valence-electron chi connectivity index (χ3n) is 3.78. The second-order valence-electron chi connectivity index (χ2n) is 5.37. The van der Waals surface area contributed by atoms with Crippen molar-refractivity contribution in [2.75, 3.05) is 13.1 Å². The molecule has 1 aliphatic heterocycles. The molecule has 0 saturated heterocycles. The Labute approximate surface area is 127 Å². The molecule has 22 heavy (non-hydrogen) atoms. The number of aromatic nitrogens is 4. The zero-order chi connectivity index (χ0) is 15.1. The molecular formula is C16H16N6. The van der Waals surface area contributed by atoms with Crippen LogP contribution in [0.4, 0.5) is 0 Å². The molecule has 0 bridgehead atoms. The van der Waals surface area contributed by atoms with Crippen molar-refractivity contribution in [3.05, 3.63) is 47.7 Å².